The zero-order valence-electron chi connectivity index (χ0n) is 14.3. The van der Waals surface area contributed by atoms with Crippen LogP contribution in [0.5, 0.6) is 0 Å². The van der Waals surface area contributed by atoms with Crippen LogP contribution in [-0.4, -0.2) is 24.9 Å². The van der Waals surface area contributed by atoms with E-state index in [1.807, 2.05) is 0 Å². The summed E-state index contributed by atoms with van der Waals surface area (Å²) >= 11 is 0. The second-order valence-corrected chi connectivity index (χ2v) is 7.98. The van der Waals surface area contributed by atoms with Crippen molar-refractivity contribution in [2.45, 2.75) is 96.9 Å². The monoisotopic (exact) mass is 294 g/mol. The van der Waals surface area contributed by atoms with Gasteiger partial charge in [-0.2, -0.15) is 0 Å². The van der Waals surface area contributed by atoms with E-state index in [9.17, 15) is 0 Å². The van der Waals surface area contributed by atoms with Gasteiger partial charge in [-0.25, -0.2) is 0 Å². The molecule has 2 nitrogen and oxygen atoms in total. The standard InChI is InChI=1S/C19H34O2/c1-19(2,3)13-11-9-7-5-4-6-8-10-12-17-18(21-17)14-16-15-20-16/h8,10,16-18H,4-7,9,11-15H2,1-3H3. The van der Waals surface area contributed by atoms with E-state index in [0.29, 0.717) is 23.7 Å². The first-order valence-electron chi connectivity index (χ1n) is 8.97. The minimum absolute atomic E-state index is 0.489. The number of hydrogen-bond acceptors (Lipinski definition) is 2. The largest absolute Gasteiger partial charge is 0.373 e. The Balaban J connectivity index is 1.33. The maximum atomic E-state index is 5.64. The molecule has 3 unspecified atom stereocenters. The highest BCUT2D eigenvalue weighted by Crippen LogP contribution is 2.33. The lowest BCUT2D eigenvalue weighted by Gasteiger charge is -2.17. The molecular weight excluding hydrogens is 260 g/mol. The molecule has 0 radical (unpaired) electrons. The van der Waals surface area contributed by atoms with Gasteiger partial charge in [0.15, 0.2) is 0 Å². The normalized spacial score (nSPS) is 28.2. The maximum absolute atomic E-state index is 5.64. The van der Waals surface area contributed by atoms with Crippen LogP contribution < -0.4 is 0 Å². The summed E-state index contributed by atoms with van der Waals surface area (Å²) in [5.74, 6) is 0. The van der Waals surface area contributed by atoms with Crippen LogP contribution in [0.1, 0.15) is 78.6 Å². The van der Waals surface area contributed by atoms with Crippen molar-refractivity contribution in [1.29, 1.82) is 0 Å². The summed E-state index contributed by atoms with van der Waals surface area (Å²) < 4.78 is 10.9. The molecule has 0 amide bonds. The van der Waals surface area contributed by atoms with E-state index in [1.54, 1.807) is 0 Å². The number of epoxide rings is 2. The predicted octanol–water partition coefficient (Wildman–Crippen LogP) is 5.27. The van der Waals surface area contributed by atoms with Gasteiger partial charge in [-0.1, -0.05) is 58.6 Å². The van der Waals surface area contributed by atoms with E-state index in [2.05, 4.69) is 32.9 Å². The van der Waals surface area contributed by atoms with Crippen LogP contribution in [0.3, 0.4) is 0 Å². The van der Waals surface area contributed by atoms with Crippen LogP contribution >= 0.6 is 0 Å². The van der Waals surface area contributed by atoms with Crippen molar-refractivity contribution in [1.82, 2.24) is 0 Å². The van der Waals surface area contributed by atoms with Crippen LogP contribution in [0.2, 0.25) is 0 Å². The Hall–Kier alpha value is -0.340. The number of hydrogen-bond donors (Lipinski definition) is 0. The Morgan fingerprint density at radius 3 is 2.38 bits per heavy atom. The van der Waals surface area contributed by atoms with Crippen LogP contribution in [0.4, 0.5) is 0 Å². The Kier molecular flexibility index (Phi) is 6.75. The predicted molar refractivity (Wildman–Crippen MR) is 88.5 cm³/mol. The molecular formula is C19H34O2. The minimum atomic E-state index is 0.489. The molecule has 2 aliphatic rings. The van der Waals surface area contributed by atoms with Gasteiger partial charge in [-0.15, -0.1) is 0 Å². The molecule has 2 aliphatic heterocycles. The second kappa shape index (κ2) is 8.33. The third-order valence-electron chi connectivity index (χ3n) is 4.42. The maximum Gasteiger partial charge on any atom is 0.0877 e. The van der Waals surface area contributed by atoms with E-state index < -0.39 is 0 Å². The number of rotatable bonds is 11. The molecule has 0 N–H and O–H groups in total. The summed E-state index contributed by atoms with van der Waals surface area (Å²) in [5.41, 5.74) is 0.511. The van der Waals surface area contributed by atoms with Gasteiger partial charge in [0.05, 0.1) is 24.9 Å². The van der Waals surface area contributed by atoms with Crippen molar-refractivity contribution in [3.63, 3.8) is 0 Å². The lowest BCUT2D eigenvalue weighted by molar-refractivity contribution is 0.332. The number of unbranched alkanes of at least 4 members (excludes halogenated alkanes) is 5. The van der Waals surface area contributed by atoms with Crippen molar-refractivity contribution >= 4 is 0 Å². The summed E-state index contributed by atoms with van der Waals surface area (Å²) in [7, 11) is 0. The highest BCUT2D eigenvalue weighted by atomic mass is 16.6. The fraction of sp³-hybridized carbons (Fsp3) is 0.895. The van der Waals surface area contributed by atoms with E-state index >= 15 is 0 Å². The highest BCUT2D eigenvalue weighted by molar-refractivity contribution is 4.96. The average molecular weight is 294 g/mol. The molecule has 0 spiro atoms. The van der Waals surface area contributed by atoms with Gasteiger partial charge in [-0.3, -0.25) is 0 Å². The minimum Gasteiger partial charge on any atom is -0.373 e. The second-order valence-electron chi connectivity index (χ2n) is 7.98. The van der Waals surface area contributed by atoms with Gasteiger partial charge in [-0.05, 0) is 31.1 Å². The van der Waals surface area contributed by atoms with E-state index in [1.165, 1.54) is 44.9 Å². The molecule has 21 heavy (non-hydrogen) atoms. The zero-order chi connectivity index (χ0) is 15.1. The Bertz CT molecular complexity index is 312. The lowest BCUT2D eigenvalue weighted by Crippen LogP contribution is -2.03. The third-order valence-corrected chi connectivity index (χ3v) is 4.42. The molecule has 2 saturated heterocycles. The van der Waals surface area contributed by atoms with Crippen molar-refractivity contribution in [3.8, 4) is 0 Å². The van der Waals surface area contributed by atoms with Crippen molar-refractivity contribution < 1.29 is 9.47 Å². The summed E-state index contributed by atoms with van der Waals surface area (Å²) in [4.78, 5) is 0. The van der Waals surface area contributed by atoms with E-state index in [0.717, 1.165) is 19.4 Å². The Morgan fingerprint density at radius 1 is 0.952 bits per heavy atom. The fourth-order valence-corrected chi connectivity index (χ4v) is 2.85. The van der Waals surface area contributed by atoms with Crippen LogP contribution in [0.25, 0.3) is 0 Å². The molecule has 0 aromatic heterocycles. The van der Waals surface area contributed by atoms with Crippen LogP contribution in [-0.2, 0) is 9.47 Å². The summed E-state index contributed by atoms with van der Waals surface area (Å²) in [6.07, 6.45) is 17.9. The van der Waals surface area contributed by atoms with Crippen LogP contribution in [0.15, 0.2) is 12.2 Å². The van der Waals surface area contributed by atoms with Crippen LogP contribution in [0, 0.1) is 5.41 Å². The molecule has 3 atom stereocenters. The summed E-state index contributed by atoms with van der Waals surface area (Å²) in [6.45, 7) is 7.97. The lowest BCUT2D eigenvalue weighted by atomic mass is 9.89. The van der Waals surface area contributed by atoms with Crippen molar-refractivity contribution in [2.75, 3.05) is 6.61 Å². The first-order chi connectivity index (χ1) is 10.0. The average Bonchev–Trinajstić information content (AvgIpc) is 3.30. The molecule has 0 aliphatic carbocycles. The summed E-state index contributed by atoms with van der Waals surface area (Å²) in [6, 6.07) is 0. The van der Waals surface area contributed by atoms with Gasteiger partial charge in [0.2, 0.25) is 0 Å². The molecule has 0 bridgehead atoms. The Morgan fingerprint density at radius 2 is 1.67 bits per heavy atom. The molecule has 0 aromatic rings. The molecule has 2 rings (SSSR count). The SMILES string of the molecule is CC(C)(C)CCCCCCCC=CCC1OC1CC1CO1. The third kappa shape index (κ3) is 8.63. The topological polar surface area (TPSA) is 25.1 Å². The molecule has 0 saturated carbocycles. The molecule has 0 aromatic carbocycles. The molecule has 122 valence electrons. The first kappa shape index (κ1) is 17.0. The number of allylic oxidation sites excluding steroid dienone is 1. The van der Waals surface area contributed by atoms with Gasteiger partial charge in [0, 0.05) is 6.42 Å². The van der Waals surface area contributed by atoms with Gasteiger partial charge >= 0.3 is 0 Å². The van der Waals surface area contributed by atoms with Crippen molar-refractivity contribution in [3.05, 3.63) is 12.2 Å². The molecule has 2 heterocycles. The van der Waals surface area contributed by atoms with E-state index in [4.69, 9.17) is 9.47 Å². The van der Waals surface area contributed by atoms with Gasteiger partial charge in [0.1, 0.15) is 0 Å². The quantitative estimate of drug-likeness (QED) is 0.295. The first-order valence-corrected chi connectivity index (χ1v) is 8.97. The van der Waals surface area contributed by atoms with Gasteiger partial charge < -0.3 is 9.47 Å². The Labute approximate surface area is 131 Å². The van der Waals surface area contributed by atoms with E-state index in [-0.39, 0.29) is 0 Å². The van der Waals surface area contributed by atoms with Crippen molar-refractivity contribution in [2.24, 2.45) is 5.41 Å². The highest BCUT2D eigenvalue weighted by Gasteiger charge is 2.42. The molecule has 2 heteroatoms. The smallest absolute Gasteiger partial charge is 0.0877 e. The fourth-order valence-electron chi connectivity index (χ4n) is 2.85. The zero-order valence-corrected chi connectivity index (χ0v) is 14.3. The summed E-state index contributed by atoms with van der Waals surface area (Å²) in [5, 5.41) is 0. The molecule has 2 fully saturated rings. The van der Waals surface area contributed by atoms with Gasteiger partial charge in [0.25, 0.3) is 0 Å². The number of ether oxygens (including phenoxy) is 2.